The Kier molecular flexibility index (Phi) is 3.29. The van der Waals surface area contributed by atoms with E-state index in [0.717, 1.165) is 22.8 Å². The molecule has 2 aromatic heterocycles. The third kappa shape index (κ3) is 2.27. The lowest BCUT2D eigenvalue weighted by atomic mass is 10.1. The molecular weight excluding hydrogens is 223 g/mol. The summed E-state index contributed by atoms with van der Waals surface area (Å²) >= 11 is 1.56. The maximum absolute atomic E-state index is 12.7. The molecule has 1 unspecified atom stereocenters. The molecule has 0 aliphatic carbocycles. The monoisotopic (exact) mass is 236 g/mol. The average molecular weight is 236 g/mol. The first-order valence-electron chi connectivity index (χ1n) is 5.28. The smallest absolute Gasteiger partial charge is 0.142 e. The summed E-state index contributed by atoms with van der Waals surface area (Å²) in [5, 5.41) is 2.91. The van der Waals surface area contributed by atoms with Crippen LogP contribution in [-0.4, -0.2) is 9.97 Å². The summed E-state index contributed by atoms with van der Waals surface area (Å²) in [5.41, 5.74) is 1.83. The van der Waals surface area contributed by atoms with Gasteiger partial charge in [-0.15, -0.1) is 11.3 Å². The van der Waals surface area contributed by atoms with Crippen molar-refractivity contribution in [3.63, 3.8) is 0 Å². The lowest BCUT2D eigenvalue weighted by molar-refractivity contribution is 0.622. The van der Waals surface area contributed by atoms with Crippen molar-refractivity contribution in [1.29, 1.82) is 0 Å². The number of rotatable bonds is 3. The lowest BCUT2D eigenvalue weighted by Gasteiger charge is -2.02. The fourth-order valence-corrected chi connectivity index (χ4v) is 2.26. The highest BCUT2D eigenvalue weighted by Gasteiger charge is 2.10. The van der Waals surface area contributed by atoms with E-state index in [9.17, 15) is 4.39 Å². The first-order chi connectivity index (χ1) is 7.70. The molecule has 2 nitrogen and oxygen atoms in total. The SMILES string of the molecule is CCC(C)c1csc(-c2ccc(F)cn2)n1. The molecule has 0 saturated carbocycles. The van der Waals surface area contributed by atoms with Crippen LogP contribution in [0.3, 0.4) is 0 Å². The van der Waals surface area contributed by atoms with Crippen LogP contribution in [0.1, 0.15) is 31.9 Å². The number of hydrogen-bond donors (Lipinski definition) is 0. The molecule has 2 rings (SSSR count). The van der Waals surface area contributed by atoms with E-state index in [1.54, 1.807) is 17.4 Å². The van der Waals surface area contributed by atoms with Crippen LogP contribution in [0.5, 0.6) is 0 Å². The first kappa shape index (κ1) is 11.2. The zero-order valence-corrected chi connectivity index (χ0v) is 10.1. The highest BCUT2D eigenvalue weighted by molar-refractivity contribution is 7.13. The molecule has 0 spiro atoms. The second kappa shape index (κ2) is 4.70. The third-order valence-corrected chi connectivity index (χ3v) is 3.47. The zero-order valence-electron chi connectivity index (χ0n) is 9.27. The Labute approximate surface area is 98.2 Å². The van der Waals surface area contributed by atoms with Crippen LogP contribution in [0, 0.1) is 5.82 Å². The number of hydrogen-bond acceptors (Lipinski definition) is 3. The molecular formula is C12H13FN2S. The second-order valence-corrected chi connectivity index (χ2v) is 4.61. The maximum Gasteiger partial charge on any atom is 0.142 e. The molecule has 0 N–H and O–H groups in total. The molecule has 0 saturated heterocycles. The summed E-state index contributed by atoms with van der Waals surface area (Å²) in [4.78, 5) is 8.53. The van der Waals surface area contributed by atoms with E-state index in [1.165, 1.54) is 12.3 Å². The molecule has 0 aliphatic heterocycles. The van der Waals surface area contributed by atoms with E-state index in [2.05, 4.69) is 29.2 Å². The lowest BCUT2D eigenvalue weighted by Crippen LogP contribution is -1.91. The van der Waals surface area contributed by atoms with Gasteiger partial charge >= 0.3 is 0 Å². The van der Waals surface area contributed by atoms with Crippen LogP contribution in [0.2, 0.25) is 0 Å². The Morgan fingerprint density at radius 1 is 1.44 bits per heavy atom. The standard InChI is InChI=1S/C12H13FN2S/c1-3-8(2)11-7-16-12(15-11)10-5-4-9(13)6-14-10/h4-8H,3H2,1-2H3. The van der Waals surface area contributed by atoms with E-state index in [1.807, 2.05) is 0 Å². The van der Waals surface area contributed by atoms with E-state index in [-0.39, 0.29) is 5.82 Å². The molecule has 1 atom stereocenters. The normalized spacial score (nSPS) is 12.7. The fourth-order valence-electron chi connectivity index (χ4n) is 1.34. The van der Waals surface area contributed by atoms with Gasteiger partial charge in [0.15, 0.2) is 0 Å². The Hall–Kier alpha value is -1.29. The minimum Gasteiger partial charge on any atom is -0.251 e. The van der Waals surface area contributed by atoms with Crippen LogP contribution in [-0.2, 0) is 0 Å². The van der Waals surface area contributed by atoms with Crippen molar-refractivity contribution in [2.75, 3.05) is 0 Å². The Bertz CT molecular complexity index is 464. The van der Waals surface area contributed by atoms with Gasteiger partial charge in [0.25, 0.3) is 0 Å². The third-order valence-electron chi connectivity index (χ3n) is 2.59. The summed E-state index contributed by atoms with van der Waals surface area (Å²) in [5.74, 6) is 0.146. The summed E-state index contributed by atoms with van der Waals surface area (Å²) < 4.78 is 12.7. The summed E-state index contributed by atoms with van der Waals surface area (Å²) in [6, 6.07) is 3.07. The molecule has 0 fully saturated rings. The molecule has 0 aromatic carbocycles. The molecule has 0 aliphatic rings. The van der Waals surface area contributed by atoms with Crippen LogP contribution in [0.4, 0.5) is 4.39 Å². The summed E-state index contributed by atoms with van der Waals surface area (Å²) in [6.07, 6.45) is 2.29. The van der Waals surface area contributed by atoms with Crippen molar-refractivity contribution < 1.29 is 4.39 Å². The zero-order chi connectivity index (χ0) is 11.5. The molecule has 2 heterocycles. The van der Waals surface area contributed by atoms with Gasteiger partial charge in [-0.25, -0.2) is 9.37 Å². The van der Waals surface area contributed by atoms with E-state index < -0.39 is 0 Å². The van der Waals surface area contributed by atoms with E-state index in [4.69, 9.17) is 0 Å². The predicted octanol–water partition coefficient (Wildman–Crippen LogP) is 3.86. The first-order valence-corrected chi connectivity index (χ1v) is 6.16. The van der Waals surface area contributed by atoms with Gasteiger partial charge in [0, 0.05) is 5.38 Å². The van der Waals surface area contributed by atoms with Crippen molar-refractivity contribution in [3.8, 4) is 10.7 Å². The Morgan fingerprint density at radius 2 is 2.25 bits per heavy atom. The van der Waals surface area contributed by atoms with Crippen molar-refractivity contribution >= 4 is 11.3 Å². The van der Waals surface area contributed by atoms with Gasteiger partial charge < -0.3 is 0 Å². The topological polar surface area (TPSA) is 25.8 Å². The second-order valence-electron chi connectivity index (χ2n) is 3.75. The quantitative estimate of drug-likeness (QED) is 0.808. The average Bonchev–Trinajstić information content (AvgIpc) is 2.78. The fraction of sp³-hybridized carbons (Fsp3) is 0.333. The Balaban J connectivity index is 2.28. The highest BCUT2D eigenvalue weighted by Crippen LogP contribution is 2.26. The minimum absolute atomic E-state index is 0.317. The van der Waals surface area contributed by atoms with E-state index in [0.29, 0.717) is 5.92 Å². The summed E-state index contributed by atoms with van der Waals surface area (Å²) in [7, 11) is 0. The molecule has 0 radical (unpaired) electrons. The van der Waals surface area contributed by atoms with Crippen LogP contribution in [0.25, 0.3) is 10.7 Å². The molecule has 0 amide bonds. The van der Waals surface area contributed by atoms with Crippen LogP contribution < -0.4 is 0 Å². The maximum atomic E-state index is 12.7. The number of pyridine rings is 1. The van der Waals surface area contributed by atoms with Gasteiger partial charge in [-0.05, 0) is 24.5 Å². The van der Waals surface area contributed by atoms with Gasteiger partial charge in [-0.1, -0.05) is 13.8 Å². The van der Waals surface area contributed by atoms with Crippen molar-refractivity contribution in [2.45, 2.75) is 26.2 Å². The van der Waals surface area contributed by atoms with Gasteiger partial charge in [-0.2, -0.15) is 0 Å². The van der Waals surface area contributed by atoms with Crippen LogP contribution in [0.15, 0.2) is 23.7 Å². The van der Waals surface area contributed by atoms with Gasteiger partial charge in [0.1, 0.15) is 10.8 Å². The predicted molar refractivity (Wildman–Crippen MR) is 64.0 cm³/mol. The largest absolute Gasteiger partial charge is 0.251 e. The van der Waals surface area contributed by atoms with Gasteiger partial charge in [-0.3, -0.25) is 4.98 Å². The number of thiazole rings is 1. The molecule has 2 aromatic rings. The Morgan fingerprint density at radius 3 is 2.88 bits per heavy atom. The van der Waals surface area contributed by atoms with Crippen LogP contribution >= 0.6 is 11.3 Å². The number of halogens is 1. The van der Waals surface area contributed by atoms with Gasteiger partial charge in [0.05, 0.1) is 17.6 Å². The minimum atomic E-state index is -0.317. The van der Waals surface area contributed by atoms with Crippen molar-refractivity contribution in [3.05, 3.63) is 35.2 Å². The molecule has 0 bridgehead atoms. The molecule has 4 heteroatoms. The van der Waals surface area contributed by atoms with Crippen molar-refractivity contribution in [1.82, 2.24) is 9.97 Å². The van der Waals surface area contributed by atoms with E-state index >= 15 is 0 Å². The molecule has 16 heavy (non-hydrogen) atoms. The molecule has 84 valence electrons. The highest BCUT2D eigenvalue weighted by atomic mass is 32.1. The van der Waals surface area contributed by atoms with Gasteiger partial charge in [0.2, 0.25) is 0 Å². The summed E-state index contributed by atoms with van der Waals surface area (Å²) in [6.45, 7) is 4.29. The number of aromatic nitrogens is 2. The number of nitrogens with zero attached hydrogens (tertiary/aromatic N) is 2. The van der Waals surface area contributed by atoms with Crippen molar-refractivity contribution in [2.24, 2.45) is 0 Å².